The average molecular weight is 451 g/mol. The highest BCUT2D eigenvalue weighted by Crippen LogP contribution is 2.23. The van der Waals surface area contributed by atoms with E-state index in [1.807, 2.05) is 37.4 Å². The van der Waals surface area contributed by atoms with Crippen molar-refractivity contribution in [3.05, 3.63) is 54.0 Å². The van der Waals surface area contributed by atoms with Crippen LogP contribution in [0.2, 0.25) is 0 Å². The lowest BCUT2D eigenvalue weighted by molar-refractivity contribution is 0.0944. The normalized spacial score (nSPS) is 15.2. The monoisotopic (exact) mass is 450 g/mol. The zero-order valence-corrected chi connectivity index (χ0v) is 19.4. The molecule has 0 atom stereocenters. The van der Waals surface area contributed by atoms with E-state index in [0.29, 0.717) is 36.9 Å². The first-order valence-electron chi connectivity index (χ1n) is 11.9. The largest absolute Gasteiger partial charge is 0.398 e. The molecule has 3 aromatic rings. The standard InChI is InChI=1S/C25H34N6O2/c1-2-33-17-16-31-23(29-22-8-5-11-27-24(22)31)18-19-9-13-30(14-10-19)15-12-28-25(32)20-6-3-4-7-21(20)26/h3-8,11,19H,2,9-10,12-18,26H2,1H3,(H,28,32). The lowest BCUT2D eigenvalue weighted by Gasteiger charge is -2.31. The van der Waals surface area contributed by atoms with Crippen LogP contribution in [0.3, 0.4) is 0 Å². The van der Waals surface area contributed by atoms with Gasteiger partial charge in [-0.3, -0.25) is 4.79 Å². The van der Waals surface area contributed by atoms with Crippen LogP contribution < -0.4 is 11.1 Å². The van der Waals surface area contributed by atoms with Gasteiger partial charge in [-0.15, -0.1) is 0 Å². The van der Waals surface area contributed by atoms with Gasteiger partial charge in [0.15, 0.2) is 5.65 Å². The molecule has 3 N–H and O–H groups in total. The number of nitrogen functional groups attached to an aromatic ring is 1. The fourth-order valence-electron chi connectivity index (χ4n) is 4.50. The van der Waals surface area contributed by atoms with Crippen molar-refractivity contribution in [2.24, 2.45) is 5.92 Å². The van der Waals surface area contributed by atoms with Crippen molar-refractivity contribution in [3.63, 3.8) is 0 Å². The van der Waals surface area contributed by atoms with Crippen LogP contribution in [0, 0.1) is 5.92 Å². The van der Waals surface area contributed by atoms with Crippen molar-refractivity contribution in [3.8, 4) is 0 Å². The zero-order valence-electron chi connectivity index (χ0n) is 19.4. The summed E-state index contributed by atoms with van der Waals surface area (Å²) >= 11 is 0. The Morgan fingerprint density at radius 1 is 1.18 bits per heavy atom. The molecule has 1 saturated heterocycles. The molecule has 0 aliphatic carbocycles. The third kappa shape index (κ3) is 5.89. The van der Waals surface area contributed by atoms with E-state index < -0.39 is 0 Å². The molecule has 8 nitrogen and oxygen atoms in total. The maximum absolute atomic E-state index is 12.3. The molecule has 4 rings (SSSR count). The summed E-state index contributed by atoms with van der Waals surface area (Å²) in [6.07, 6.45) is 5.04. The Morgan fingerprint density at radius 3 is 2.79 bits per heavy atom. The van der Waals surface area contributed by atoms with Crippen LogP contribution in [0.1, 0.15) is 35.9 Å². The van der Waals surface area contributed by atoms with Crippen molar-refractivity contribution < 1.29 is 9.53 Å². The van der Waals surface area contributed by atoms with Gasteiger partial charge in [0.1, 0.15) is 11.3 Å². The number of nitrogens with two attached hydrogens (primary N) is 1. The van der Waals surface area contributed by atoms with E-state index in [4.69, 9.17) is 15.5 Å². The van der Waals surface area contributed by atoms with Crippen molar-refractivity contribution in [2.75, 3.05) is 45.1 Å². The number of amides is 1. The quantitative estimate of drug-likeness (QED) is 0.364. The number of likely N-dealkylation sites (tertiary alicyclic amines) is 1. The maximum Gasteiger partial charge on any atom is 0.253 e. The van der Waals surface area contributed by atoms with E-state index in [1.165, 1.54) is 0 Å². The van der Waals surface area contributed by atoms with Crippen LogP contribution in [-0.2, 0) is 17.7 Å². The number of anilines is 1. The Morgan fingerprint density at radius 2 is 2.00 bits per heavy atom. The number of ether oxygens (including phenoxy) is 1. The molecule has 0 saturated carbocycles. The number of hydrogen-bond acceptors (Lipinski definition) is 6. The summed E-state index contributed by atoms with van der Waals surface area (Å²) in [7, 11) is 0. The summed E-state index contributed by atoms with van der Waals surface area (Å²) in [5, 5.41) is 2.99. The van der Waals surface area contributed by atoms with E-state index in [1.54, 1.807) is 12.1 Å². The van der Waals surface area contributed by atoms with Crippen molar-refractivity contribution in [1.29, 1.82) is 0 Å². The number of para-hydroxylation sites is 1. The van der Waals surface area contributed by atoms with E-state index in [2.05, 4.69) is 19.8 Å². The van der Waals surface area contributed by atoms with Crippen LogP contribution in [-0.4, -0.2) is 64.7 Å². The lowest BCUT2D eigenvalue weighted by Crippen LogP contribution is -2.40. The Hall–Kier alpha value is -2.97. The van der Waals surface area contributed by atoms with Gasteiger partial charge in [-0.2, -0.15) is 0 Å². The van der Waals surface area contributed by atoms with Gasteiger partial charge >= 0.3 is 0 Å². The summed E-state index contributed by atoms with van der Waals surface area (Å²) < 4.78 is 7.81. The highest BCUT2D eigenvalue weighted by molar-refractivity contribution is 5.99. The number of carbonyl (C=O) groups is 1. The number of fused-ring (bicyclic) bond motifs is 1. The number of nitrogens with one attached hydrogen (secondary N) is 1. The Bertz CT molecular complexity index is 1060. The highest BCUT2D eigenvalue weighted by Gasteiger charge is 2.22. The second kappa shape index (κ2) is 11.2. The van der Waals surface area contributed by atoms with Gasteiger partial charge in [0.25, 0.3) is 5.91 Å². The topological polar surface area (TPSA) is 98.3 Å². The summed E-state index contributed by atoms with van der Waals surface area (Å²) in [5.74, 6) is 1.60. The molecule has 1 aliphatic rings. The zero-order chi connectivity index (χ0) is 23.0. The number of carbonyl (C=O) groups excluding carboxylic acids is 1. The van der Waals surface area contributed by atoms with Crippen molar-refractivity contribution in [2.45, 2.75) is 32.7 Å². The van der Waals surface area contributed by atoms with Crippen LogP contribution in [0.5, 0.6) is 0 Å². The van der Waals surface area contributed by atoms with Gasteiger partial charge in [-0.1, -0.05) is 12.1 Å². The summed E-state index contributed by atoms with van der Waals surface area (Å²) in [5.41, 5.74) is 8.85. The van der Waals surface area contributed by atoms with E-state index in [0.717, 1.165) is 62.4 Å². The predicted molar refractivity (Wildman–Crippen MR) is 130 cm³/mol. The summed E-state index contributed by atoms with van der Waals surface area (Å²) in [6.45, 7) is 7.72. The summed E-state index contributed by atoms with van der Waals surface area (Å²) in [4.78, 5) is 24.2. The SMILES string of the molecule is CCOCCn1c(CC2CCN(CCNC(=O)c3ccccc3N)CC2)nc2cccnc21. The first-order valence-corrected chi connectivity index (χ1v) is 11.9. The molecule has 8 heteroatoms. The van der Waals surface area contributed by atoms with Crippen molar-refractivity contribution >= 4 is 22.8 Å². The van der Waals surface area contributed by atoms with Crippen molar-refractivity contribution in [1.82, 2.24) is 24.8 Å². The Labute approximate surface area is 195 Å². The molecule has 0 unspecified atom stereocenters. The van der Waals surface area contributed by atoms with Crippen LogP contribution in [0.15, 0.2) is 42.6 Å². The van der Waals surface area contributed by atoms with E-state index in [-0.39, 0.29) is 5.91 Å². The number of pyridine rings is 1. The van der Waals surface area contributed by atoms with Gasteiger partial charge in [0, 0.05) is 44.5 Å². The number of aromatic nitrogens is 3. The molecular weight excluding hydrogens is 416 g/mol. The van der Waals surface area contributed by atoms with Crippen LogP contribution in [0.25, 0.3) is 11.2 Å². The smallest absolute Gasteiger partial charge is 0.253 e. The molecule has 1 amide bonds. The maximum atomic E-state index is 12.3. The van der Waals surface area contributed by atoms with Crippen LogP contribution >= 0.6 is 0 Å². The Kier molecular flexibility index (Phi) is 7.91. The molecule has 0 spiro atoms. The number of piperidine rings is 1. The van der Waals surface area contributed by atoms with Gasteiger partial charge in [-0.05, 0) is 63.0 Å². The minimum Gasteiger partial charge on any atom is -0.398 e. The minimum atomic E-state index is -0.109. The molecule has 1 aliphatic heterocycles. The van der Waals surface area contributed by atoms with E-state index in [9.17, 15) is 4.79 Å². The molecule has 33 heavy (non-hydrogen) atoms. The number of nitrogens with zero attached hydrogens (tertiary/aromatic N) is 4. The van der Waals surface area contributed by atoms with Gasteiger partial charge < -0.3 is 25.3 Å². The molecule has 2 aromatic heterocycles. The number of rotatable bonds is 10. The minimum absolute atomic E-state index is 0.109. The molecular formula is C25H34N6O2. The Balaban J connectivity index is 1.26. The molecule has 176 valence electrons. The molecule has 0 bridgehead atoms. The highest BCUT2D eigenvalue weighted by atomic mass is 16.5. The third-order valence-electron chi connectivity index (χ3n) is 6.34. The first-order chi connectivity index (χ1) is 16.2. The van der Waals surface area contributed by atoms with Gasteiger partial charge in [0.05, 0.1) is 12.2 Å². The number of hydrogen-bond donors (Lipinski definition) is 2. The second-order valence-electron chi connectivity index (χ2n) is 8.56. The number of benzene rings is 1. The molecule has 0 radical (unpaired) electrons. The molecule has 1 fully saturated rings. The summed E-state index contributed by atoms with van der Waals surface area (Å²) in [6, 6.07) is 11.1. The third-order valence-corrected chi connectivity index (χ3v) is 6.34. The number of imidazole rings is 1. The molecule has 3 heterocycles. The lowest BCUT2D eigenvalue weighted by atomic mass is 9.93. The van der Waals surface area contributed by atoms with Gasteiger partial charge in [-0.25, -0.2) is 9.97 Å². The fourth-order valence-corrected chi connectivity index (χ4v) is 4.50. The van der Waals surface area contributed by atoms with E-state index >= 15 is 0 Å². The first kappa shape index (κ1) is 23.2. The molecule has 1 aromatic carbocycles. The second-order valence-corrected chi connectivity index (χ2v) is 8.56. The van der Waals surface area contributed by atoms with Crippen LogP contribution in [0.4, 0.5) is 5.69 Å². The fraction of sp³-hybridized carbons (Fsp3) is 0.480. The average Bonchev–Trinajstić information content (AvgIpc) is 3.17. The van der Waals surface area contributed by atoms with Gasteiger partial charge in [0.2, 0.25) is 0 Å². The predicted octanol–water partition coefficient (Wildman–Crippen LogP) is 2.73.